The van der Waals surface area contributed by atoms with Crippen molar-refractivity contribution in [3.8, 4) is 0 Å². The fourth-order valence-corrected chi connectivity index (χ4v) is 2.84. The van der Waals surface area contributed by atoms with Gasteiger partial charge in [0.15, 0.2) is 0 Å². The third-order valence-electron chi connectivity index (χ3n) is 4.26. The Morgan fingerprint density at radius 1 is 1.26 bits per heavy atom. The lowest BCUT2D eigenvalue weighted by molar-refractivity contribution is -0.139. The molecule has 1 saturated heterocycles. The molecule has 1 aromatic carbocycles. The summed E-state index contributed by atoms with van der Waals surface area (Å²) in [5.41, 5.74) is 1.28. The highest BCUT2D eigenvalue weighted by molar-refractivity contribution is 5.81. The fourth-order valence-electron chi connectivity index (χ4n) is 2.84. The van der Waals surface area contributed by atoms with E-state index in [1.165, 1.54) is 5.56 Å². The minimum absolute atomic E-state index is 0.0269. The van der Waals surface area contributed by atoms with Crippen LogP contribution in [-0.4, -0.2) is 42.6 Å². The van der Waals surface area contributed by atoms with E-state index < -0.39 is 0 Å². The van der Waals surface area contributed by atoms with Crippen molar-refractivity contribution in [1.82, 2.24) is 10.2 Å². The van der Waals surface area contributed by atoms with Crippen molar-refractivity contribution >= 4 is 5.91 Å². The lowest BCUT2D eigenvalue weighted by Crippen LogP contribution is -2.51. The van der Waals surface area contributed by atoms with Crippen LogP contribution >= 0.6 is 0 Å². The molecule has 0 saturated carbocycles. The van der Waals surface area contributed by atoms with E-state index in [1.807, 2.05) is 6.07 Å². The molecule has 2 rings (SSSR count). The number of ether oxygens (including phenoxy) is 1. The van der Waals surface area contributed by atoms with Crippen LogP contribution in [0.5, 0.6) is 0 Å². The molecule has 0 spiro atoms. The SMILES string of the molecule is CC(C)CCC(C)NC(=O)C1CN(Cc2ccccc2)CCO1. The van der Waals surface area contributed by atoms with Gasteiger partial charge in [0.05, 0.1) is 6.61 Å². The molecule has 1 amide bonds. The van der Waals surface area contributed by atoms with Crippen molar-refractivity contribution < 1.29 is 9.53 Å². The van der Waals surface area contributed by atoms with Gasteiger partial charge >= 0.3 is 0 Å². The van der Waals surface area contributed by atoms with Crippen molar-refractivity contribution in [2.45, 2.75) is 52.3 Å². The molecule has 0 bridgehead atoms. The number of carbonyl (C=O) groups is 1. The minimum atomic E-state index is -0.353. The molecule has 1 aromatic rings. The van der Waals surface area contributed by atoms with Gasteiger partial charge in [0.25, 0.3) is 5.91 Å². The van der Waals surface area contributed by atoms with Gasteiger partial charge < -0.3 is 10.1 Å². The second-order valence-corrected chi connectivity index (χ2v) is 6.96. The molecule has 0 aromatic heterocycles. The van der Waals surface area contributed by atoms with Crippen LogP contribution in [0.25, 0.3) is 0 Å². The standard InChI is InChI=1S/C19H30N2O2/c1-15(2)9-10-16(3)20-19(22)18-14-21(11-12-23-18)13-17-7-5-4-6-8-17/h4-8,15-16,18H,9-14H2,1-3H3,(H,20,22). The Labute approximate surface area is 140 Å². The maximum Gasteiger partial charge on any atom is 0.250 e. The van der Waals surface area contributed by atoms with Crippen molar-refractivity contribution in [3.63, 3.8) is 0 Å². The molecule has 4 nitrogen and oxygen atoms in total. The zero-order valence-corrected chi connectivity index (χ0v) is 14.6. The normalized spacial score (nSPS) is 20.4. The number of hydrogen-bond donors (Lipinski definition) is 1. The second kappa shape index (κ2) is 9.04. The van der Waals surface area contributed by atoms with Crippen LogP contribution in [-0.2, 0) is 16.1 Å². The molecule has 128 valence electrons. The second-order valence-electron chi connectivity index (χ2n) is 6.96. The Morgan fingerprint density at radius 3 is 2.70 bits per heavy atom. The van der Waals surface area contributed by atoms with E-state index in [2.05, 4.69) is 55.3 Å². The fraction of sp³-hybridized carbons (Fsp3) is 0.632. The Morgan fingerprint density at radius 2 is 2.00 bits per heavy atom. The van der Waals surface area contributed by atoms with Gasteiger partial charge in [0.2, 0.25) is 0 Å². The smallest absolute Gasteiger partial charge is 0.250 e. The number of nitrogens with one attached hydrogen (secondary N) is 1. The number of hydrogen-bond acceptors (Lipinski definition) is 3. The number of benzene rings is 1. The lowest BCUT2D eigenvalue weighted by Gasteiger charge is -2.32. The van der Waals surface area contributed by atoms with Crippen LogP contribution in [0.4, 0.5) is 0 Å². The number of morpholine rings is 1. The van der Waals surface area contributed by atoms with Gasteiger partial charge in [0.1, 0.15) is 6.10 Å². The summed E-state index contributed by atoms with van der Waals surface area (Å²) < 4.78 is 5.68. The van der Waals surface area contributed by atoms with Crippen molar-refractivity contribution in [2.24, 2.45) is 5.92 Å². The Balaban J connectivity index is 1.79. The summed E-state index contributed by atoms with van der Waals surface area (Å²) in [6.45, 7) is 9.52. The molecular weight excluding hydrogens is 288 g/mol. The van der Waals surface area contributed by atoms with Crippen molar-refractivity contribution in [2.75, 3.05) is 19.7 Å². The predicted octanol–water partition coefficient (Wildman–Crippen LogP) is 2.83. The molecule has 1 heterocycles. The van der Waals surface area contributed by atoms with Gasteiger partial charge in [-0.25, -0.2) is 0 Å². The third-order valence-corrected chi connectivity index (χ3v) is 4.26. The summed E-state index contributed by atoms with van der Waals surface area (Å²) in [4.78, 5) is 14.7. The van der Waals surface area contributed by atoms with Crippen LogP contribution in [0.2, 0.25) is 0 Å². The monoisotopic (exact) mass is 318 g/mol. The maximum absolute atomic E-state index is 12.4. The van der Waals surface area contributed by atoms with Crippen LogP contribution in [0.15, 0.2) is 30.3 Å². The van der Waals surface area contributed by atoms with E-state index >= 15 is 0 Å². The summed E-state index contributed by atoms with van der Waals surface area (Å²) in [7, 11) is 0. The molecule has 1 aliphatic heterocycles. The molecular formula is C19H30N2O2. The number of carbonyl (C=O) groups excluding carboxylic acids is 1. The Hall–Kier alpha value is -1.39. The van der Waals surface area contributed by atoms with E-state index in [1.54, 1.807) is 0 Å². The largest absolute Gasteiger partial charge is 0.366 e. The zero-order chi connectivity index (χ0) is 16.7. The van der Waals surface area contributed by atoms with Gasteiger partial charge in [-0.05, 0) is 31.2 Å². The predicted molar refractivity (Wildman–Crippen MR) is 93.1 cm³/mol. The summed E-state index contributed by atoms with van der Waals surface area (Å²) in [6, 6.07) is 10.6. The van der Waals surface area contributed by atoms with Gasteiger partial charge in [-0.3, -0.25) is 9.69 Å². The zero-order valence-electron chi connectivity index (χ0n) is 14.6. The van der Waals surface area contributed by atoms with Crippen molar-refractivity contribution in [1.29, 1.82) is 0 Å². The molecule has 0 radical (unpaired) electrons. The molecule has 1 fully saturated rings. The third kappa shape index (κ3) is 6.32. The molecule has 0 aliphatic carbocycles. The van der Waals surface area contributed by atoms with E-state index in [-0.39, 0.29) is 18.1 Å². The number of nitrogens with zero attached hydrogens (tertiary/aromatic N) is 1. The van der Waals surface area contributed by atoms with Gasteiger partial charge in [-0.15, -0.1) is 0 Å². The van der Waals surface area contributed by atoms with Gasteiger partial charge in [-0.1, -0.05) is 44.2 Å². The molecule has 23 heavy (non-hydrogen) atoms. The van der Waals surface area contributed by atoms with E-state index in [0.29, 0.717) is 19.1 Å². The minimum Gasteiger partial charge on any atom is -0.366 e. The molecule has 4 heteroatoms. The topological polar surface area (TPSA) is 41.6 Å². The Bertz CT molecular complexity index is 476. The first kappa shape index (κ1) is 18.0. The highest BCUT2D eigenvalue weighted by Gasteiger charge is 2.27. The highest BCUT2D eigenvalue weighted by atomic mass is 16.5. The van der Waals surface area contributed by atoms with Crippen LogP contribution < -0.4 is 5.32 Å². The quantitative estimate of drug-likeness (QED) is 0.840. The van der Waals surface area contributed by atoms with E-state index in [9.17, 15) is 4.79 Å². The molecule has 1 aliphatic rings. The highest BCUT2D eigenvalue weighted by Crippen LogP contribution is 2.12. The van der Waals surface area contributed by atoms with E-state index in [0.717, 1.165) is 25.9 Å². The summed E-state index contributed by atoms with van der Waals surface area (Å²) in [5, 5.41) is 3.10. The molecule has 1 N–H and O–H groups in total. The number of rotatable bonds is 7. The van der Waals surface area contributed by atoms with Gasteiger partial charge in [0, 0.05) is 25.7 Å². The average Bonchev–Trinajstić information content (AvgIpc) is 2.54. The Kier molecular flexibility index (Phi) is 7.06. The average molecular weight is 318 g/mol. The summed E-state index contributed by atoms with van der Waals surface area (Å²) in [6.07, 6.45) is 1.80. The van der Waals surface area contributed by atoms with Crippen LogP contribution in [0.3, 0.4) is 0 Å². The van der Waals surface area contributed by atoms with Gasteiger partial charge in [-0.2, -0.15) is 0 Å². The van der Waals surface area contributed by atoms with E-state index in [4.69, 9.17) is 4.74 Å². The van der Waals surface area contributed by atoms with Crippen molar-refractivity contribution in [3.05, 3.63) is 35.9 Å². The molecule has 2 unspecified atom stereocenters. The summed E-state index contributed by atoms with van der Waals surface area (Å²) >= 11 is 0. The number of amides is 1. The molecule has 2 atom stereocenters. The summed E-state index contributed by atoms with van der Waals surface area (Å²) in [5.74, 6) is 0.695. The van der Waals surface area contributed by atoms with Crippen LogP contribution in [0.1, 0.15) is 39.2 Å². The maximum atomic E-state index is 12.4. The first-order chi connectivity index (χ1) is 11.0. The first-order valence-electron chi connectivity index (χ1n) is 8.73. The van der Waals surface area contributed by atoms with Crippen LogP contribution in [0, 0.1) is 5.92 Å². The lowest BCUT2D eigenvalue weighted by atomic mass is 10.0. The first-order valence-corrected chi connectivity index (χ1v) is 8.73.